The van der Waals surface area contributed by atoms with Crippen LogP contribution in [0.15, 0.2) is 59.8 Å². The van der Waals surface area contributed by atoms with Crippen LogP contribution in [0.4, 0.5) is 26.3 Å². The van der Waals surface area contributed by atoms with Crippen molar-refractivity contribution < 1.29 is 41.7 Å². The monoisotopic (exact) mass is 534 g/mol. The molecule has 0 unspecified atom stereocenters. The average molecular weight is 535 g/mol. The molecule has 208 valence electrons. The fourth-order valence-corrected chi connectivity index (χ4v) is 6.53. The zero-order chi connectivity index (χ0) is 27.8. The van der Waals surface area contributed by atoms with Crippen molar-refractivity contribution in [3.05, 3.63) is 59.8 Å². The van der Waals surface area contributed by atoms with Gasteiger partial charge in [0.25, 0.3) is 5.60 Å². The number of allylic oxidation sites excluding steroid dienone is 6. The minimum absolute atomic E-state index is 0.0721. The summed E-state index contributed by atoms with van der Waals surface area (Å²) in [6.45, 7) is 8.07. The molecule has 0 radical (unpaired) electrons. The molecule has 3 aliphatic carbocycles. The van der Waals surface area contributed by atoms with Crippen molar-refractivity contribution in [2.75, 3.05) is 0 Å². The van der Waals surface area contributed by atoms with Gasteiger partial charge in [-0.15, -0.1) is 0 Å². The molecule has 0 heterocycles. The fourth-order valence-electron chi connectivity index (χ4n) is 6.53. The molecule has 6 atom stereocenters. The highest BCUT2D eigenvalue weighted by atomic mass is 19.4. The molecule has 0 saturated heterocycles. The van der Waals surface area contributed by atoms with Crippen molar-refractivity contribution in [3.8, 4) is 0 Å². The number of halogens is 6. The van der Waals surface area contributed by atoms with E-state index in [0.29, 0.717) is 24.0 Å². The highest BCUT2D eigenvalue weighted by Gasteiger charge is 2.68. The Morgan fingerprint density at radius 3 is 2.30 bits per heavy atom. The zero-order valence-corrected chi connectivity index (χ0v) is 21.1. The van der Waals surface area contributed by atoms with Crippen LogP contribution in [-0.2, 0) is 0 Å². The maximum absolute atomic E-state index is 12.9. The van der Waals surface area contributed by atoms with Gasteiger partial charge in [-0.1, -0.05) is 56.4 Å². The Balaban J connectivity index is 1.75. The maximum atomic E-state index is 12.9. The van der Waals surface area contributed by atoms with E-state index < -0.39 is 30.2 Å². The molecule has 3 nitrogen and oxygen atoms in total. The van der Waals surface area contributed by atoms with Crippen LogP contribution in [0.3, 0.4) is 0 Å². The van der Waals surface area contributed by atoms with Crippen molar-refractivity contribution in [1.82, 2.24) is 0 Å². The van der Waals surface area contributed by atoms with E-state index in [1.165, 1.54) is 5.57 Å². The lowest BCUT2D eigenvalue weighted by atomic mass is 9.61. The molecule has 3 fully saturated rings. The van der Waals surface area contributed by atoms with Gasteiger partial charge in [-0.25, -0.2) is 0 Å². The number of rotatable bonds is 5. The van der Waals surface area contributed by atoms with Gasteiger partial charge in [0, 0.05) is 6.42 Å². The van der Waals surface area contributed by atoms with E-state index in [0.717, 1.165) is 43.8 Å². The first-order chi connectivity index (χ1) is 17.0. The second-order valence-corrected chi connectivity index (χ2v) is 11.0. The number of aliphatic hydroxyl groups is 3. The summed E-state index contributed by atoms with van der Waals surface area (Å²) < 4.78 is 77.2. The van der Waals surface area contributed by atoms with Crippen LogP contribution in [-0.4, -0.2) is 45.5 Å². The lowest BCUT2D eigenvalue weighted by Crippen LogP contribution is -2.55. The third-order valence-electron chi connectivity index (χ3n) is 8.66. The molecule has 3 N–H and O–H groups in total. The van der Waals surface area contributed by atoms with Gasteiger partial charge in [-0.3, -0.25) is 0 Å². The molecular formula is C28H36F6O3. The SMILES string of the molecule is C=C1/C(=C\C=C2/CCC[C@]3(C)[C@@H]([C@H](C)/C=C/C=C/C(O)(C(F)(F)F)C(F)(F)F)CC[C@@H]23)C[C@@H](O)C[C@@H]1O. The fraction of sp³-hybridized carbons (Fsp3) is 0.643. The van der Waals surface area contributed by atoms with Crippen molar-refractivity contribution in [3.63, 3.8) is 0 Å². The summed E-state index contributed by atoms with van der Waals surface area (Å²) >= 11 is 0. The molecule has 0 aromatic heterocycles. The second-order valence-electron chi connectivity index (χ2n) is 11.0. The Bertz CT molecular complexity index is 959. The van der Waals surface area contributed by atoms with Gasteiger partial charge < -0.3 is 15.3 Å². The van der Waals surface area contributed by atoms with E-state index in [2.05, 4.69) is 19.6 Å². The number of hydrogen-bond acceptors (Lipinski definition) is 3. The Labute approximate surface area is 214 Å². The van der Waals surface area contributed by atoms with Gasteiger partial charge in [0.15, 0.2) is 0 Å². The summed E-state index contributed by atoms with van der Waals surface area (Å²) in [4.78, 5) is 0. The van der Waals surface area contributed by atoms with E-state index in [9.17, 15) is 41.7 Å². The number of fused-ring (bicyclic) bond motifs is 1. The van der Waals surface area contributed by atoms with E-state index >= 15 is 0 Å². The van der Waals surface area contributed by atoms with Crippen LogP contribution in [0, 0.1) is 23.2 Å². The topological polar surface area (TPSA) is 60.7 Å². The molecular weight excluding hydrogens is 498 g/mol. The van der Waals surface area contributed by atoms with E-state index in [4.69, 9.17) is 0 Å². The zero-order valence-electron chi connectivity index (χ0n) is 21.1. The van der Waals surface area contributed by atoms with Crippen LogP contribution in [0.2, 0.25) is 0 Å². The molecule has 3 saturated carbocycles. The first-order valence-corrected chi connectivity index (χ1v) is 12.7. The van der Waals surface area contributed by atoms with Gasteiger partial charge in [0.2, 0.25) is 0 Å². The highest BCUT2D eigenvalue weighted by molar-refractivity contribution is 5.38. The number of aliphatic hydroxyl groups excluding tert-OH is 2. The third-order valence-corrected chi connectivity index (χ3v) is 8.66. The first kappa shape index (κ1) is 29.7. The lowest BCUT2D eigenvalue weighted by molar-refractivity contribution is -0.347. The average Bonchev–Trinajstić information content (AvgIpc) is 3.13. The quantitative estimate of drug-likeness (QED) is 0.271. The minimum atomic E-state index is -5.88. The van der Waals surface area contributed by atoms with Crippen LogP contribution in [0.25, 0.3) is 0 Å². The van der Waals surface area contributed by atoms with Crippen molar-refractivity contribution in [1.29, 1.82) is 0 Å². The summed E-state index contributed by atoms with van der Waals surface area (Å²) in [6, 6.07) is 0. The van der Waals surface area contributed by atoms with E-state index in [1.807, 2.05) is 13.0 Å². The van der Waals surface area contributed by atoms with Crippen LogP contribution < -0.4 is 0 Å². The molecule has 0 bridgehead atoms. The van der Waals surface area contributed by atoms with Gasteiger partial charge in [-0.05, 0) is 78.9 Å². The first-order valence-electron chi connectivity index (χ1n) is 12.7. The molecule has 37 heavy (non-hydrogen) atoms. The van der Waals surface area contributed by atoms with Crippen LogP contribution in [0.1, 0.15) is 58.8 Å². The third kappa shape index (κ3) is 5.93. The van der Waals surface area contributed by atoms with E-state index in [1.54, 1.807) is 6.08 Å². The Morgan fingerprint density at radius 2 is 1.68 bits per heavy atom. The standard InChI is InChI=1S/C28H36F6O3/c1-17(7-4-5-14-26(37,27(29,30)31)28(32,33)34)22-11-12-23-19(8-6-13-25(22,23)3)9-10-20-15-21(35)16-24(36)18(20)2/h4-5,7,9-10,14,17,21-24,35-37H,2,6,8,11-13,15-16H2,1,3H3/b7-4+,14-5+,19-9+,20-10-/t17-,21-,22-,23+,24+,25-/m1/s1. The summed E-state index contributed by atoms with van der Waals surface area (Å²) in [6.07, 6.45) is -0.600. The normalized spacial score (nSPS) is 35.2. The maximum Gasteiger partial charge on any atom is 0.430 e. The molecule has 9 heteroatoms. The number of hydrogen-bond donors (Lipinski definition) is 3. The lowest BCUT2D eigenvalue weighted by Gasteiger charge is -2.44. The highest BCUT2D eigenvalue weighted by Crippen LogP contribution is 2.59. The van der Waals surface area contributed by atoms with Crippen molar-refractivity contribution >= 4 is 0 Å². The summed E-state index contributed by atoms with van der Waals surface area (Å²) in [7, 11) is 0. The van der Waals surface area contributed by atoms with Crippen molar-refractivity contribution in [2.45, 2.75) is 89.0 Å². The Kier molecular flexibility index (Phi) is 8.62. The Morgan fingerprint density at radius 1 is 1.03 bits per heavy atom. The minimum Gasteiger partial charge on any atom is -0.393 e. The largest absolute Gasteiger partial charge is 0.430 e. The van der Waals surface area contributed by atoms with E-state index in [-0.39, 0.29) is 29.7 Å². The predicted molar refractivity (Wildman–Crippen MR) is 129 cm³/mol. The molecule has 0 aromatic rings. The van der Waals surface area contributed by atoms with Gasteiger partial charge in [0.1, 0.15) is 0 Å². The molecule has 0 spiro atoms. The van der Waals surface area contributed by atoms with Gasteiger partial charge >= 0.3 is 12.4 Å². The second kappa shape index (κ2) is 10.7. The number of alkyl halides is 6. The van der Waals surface area contributed by atoms with Crippen molar-refractivity contribution in [2.24, 2.45) is 23.2 Å². The summed E-state index contributed by atoms with van der Waals surface area (Å²) in [5, 5.41) is 29.4. The molecule has 0 amide bonds. The van der Waals surface area contributed by atoms with Crippen LogP contribution in [0.5, 0.6) is 0 Å². The smallest absolute Gasteiger partial charge is 0.393 e. The molecule has 3 rings (SSSR count). The molecule has 0 aliphatic heterocycles. The summed E-state index contributed by atoms with van der Waals surface area (Å²) in [5.41, 5.74) is -2.23. The predicted octanol–water partition coefficient (Wildman–Crippen LogP) is 6.73. The molecule has 3 aliphatic rings. The molecule has 0 aromatic carbocycles. The summed E-state index contributed by atoms with van der Waals surface area (Å²) in [5.74, 6) is 0.392. The Hall–Kier alpha value is -1.84. The van der Waals surface area contributed by atoms with Gasteiger partial charge in [0.05, 0.1) is 12.2 Å². The van der Waals surface area contributed by atoms with Gasteiger partial charge in [-0.2, -0.15) is 26.3 Å². The van der Waals surface area contributed by atoms with Crippen LogP contribution >= 0.6 is 0 Å².